The fraction of sp³-hybridized carbons (Fsp3) is 0.550. The average molecular weight is 341 g/mol. The number of aromatic amines is 1. The third kappa shape index (κ3) is 3.44. The van der Waals surface area contributed by atoms with Crippen molar-refractivity contribution in [2.45, 2.75) is 44.9 Å². The van der Waals surface area contributed by atoms with E-state index >= 15 is 0 Å². The molecule has 25 heavy (non-hydrogen) atoms. The summed E-state index contributed by atoms with van der Waals surface area (Å²) in [5, 5.41) is 1.09. The van der Waals surface area contributed by atoms with Crippen LogP contribution in [0.25, 0.3) is 10.9 Å². The van der Waals surface area contributed by atoms with Gasteiger partial charge in [-0.2, -0.15) is 0 Å². The Morgan fingerprint density at radius 1 is 1.24 bits per heavy atom. The van der Waals surface area contributed by atoms with E-state index in [2.05, 4.69) is 28.6 Å². The molecule has 3 atom stereocenters. The normalized spacial score (nSPS) is 27.9. The molecule has 1 N–H and O–H groups in total. The van der Waals surface area contributed by atoms with Crippen LogP contribution in [-0.2, 0) is 4.74 Å². The maximum Gasteiger partial charge on any atom is 0.270 e. The van der Waals surface area contributed by atoms with Gasteiger partial charge in [0.2, 0.25) is 0 Å². The zero-order valence-electron chi connectivity index (χ0n) is 15.1. The molecule has 2 aliphatic rings. The zero-order chi connectivity index (χ0) is 17.4. The van der Waals surface area contributed by atoms with Crippen LogP contribution in [0.2, 0.25) is 0 Å². The third-order valence-corrected chi connectivity index (χ3v) is 5.36. The molecule has 0 saturated carbocycles. The van der Waals surface area contributed by atoms with Crippen LogP contribution in [0.15, 0.2) is 30.3 Å². The molecule has 2 fully saturated rings. The summed E-state index contributed by atoms with van der Waals surface area (Å²) in [6, 6.07) is 10.3. The van der Waals surface area contributed by atoms with Crippen LogP contribution in [0.3, 0.4) is 0 Å². The predicted molar refractivity (Wildman–Crippen MR) is 98.8 cm³/mol. The molecule has 4 rings (SSSR count). The smallest absolute Gasteiger partial charge is 0.270 e. The topological polar surface area (TPSA) is 48.6 Å². The van der Waals surface area contributed by atoms with E-state index in [4.69, 9.17) is 4.74 Å². The van der Waals surface area contributed by atoms with E-state index in [9.17, 15) is 4.79 Å². The predicted octanol–water partition coefficient (Wildman–Crippen LogP) is 2.88. The molecule has 2 saturated heterocycles. The standard InChI is InChI=1S/C20H27N3O2/c1-14-11-22(12-15(2)25-14)13-17-7-5-9-23(17)20(24)19-10-16-6-3-4-8-18(16)21-19/h3-4,6,8,10,14-15,17,21H,5,7,9,11-13H2,1-2H3/t14-,15+,17-/m1/s1. The van der Waals surface area contributed by atoms with E-state index < -0.39 is 0 Å². The molecule has 0 spiro atoms. The number of amides is 1. The van der Waals surface area contributed by atoms with Crippen LogP contribution in [0.1, 0.15) is 37.2 Å². The summed E-state index contributed by atoms with van der Waals surface area (Å²) in [5.41, 5.74) is 1.73. The van der Waals surface area contributed by atoms with Crippen molar-refractivity contribution in [1.29, 1.82) is 0 Å². The molecular formula is C20H27N3O2. The van der Waals surface area contributed by atoms with Crippen LogP contribution in [-0.4, -0.2) is 65.1 Å². The lowest BCUT2D eigenvalue weighted by molar-refractivity contribution is -0.0715. The Morgan fingerprint density at radius 3 is 2.76 bits per heavy atom. The maximum absolute atomic E-state index is 13.0. The van der Waals surface area contributed by atoms with Gasteiger partial charge in [0.15, 0.2) is 0 Å². The van der Waals surface area contributed by atoms with E-state index in [1.165, 1.54) is 0 Å². The molecule has 5 heteroatoms. The molecule has 2 aliphatic heterocycles. The first-order valence-electron chi connectivity index (χ1n) is 9.36. The highest BCUT2D eigenvalue weighted by Crippen LogP contribution is 2.24. The fourth-order valence-corrected chi connectivity index (χ4v) is 4.37. The van der Waals surface area contributed by atoms with Gasteiger partial charge in [-0.1, -0.05) is 18.2 Å². The van der Waals surface area contributed by atoms with Crippen LogP contribution in [0, 0.1) is 0 Å². The van der Waals surface area contributed by atoms with Crippen molar-refractivity contribution in [3.63, 3.8) is 0 Å². The molecule has 0 aliphatic carbocycles. The molecular weight excluding hydrogens is 314 g/mol. The second kappa shape index (κ2) is 6.81. The first-order chi connectivity index (χ1) is 12.1. The minimum atomic E-state index is 0.132. The van der Waals surface area contributed by atoms with Crippen molar-refractivity contribution in [2.75, 3.05) is 26.2 Å². The molecule has 0 bridgehead atoms. The monoisotopic (exact) mass is 341 g/mol. The molecule has 1 amide bonds. The van der Waals surface area contributed by atoms with E-state index in [-0.39, 0.29) is 18.1 Å². The number of morpholine rings is 1. The lowest BCUT2D eigenvalue weighted by Crippen LogP contribution is -2.51. The van der Waals surface area contributed by atoms with Crippen molar-refractivity contribution >= 4 is 16.8 Å². The summed E-state index contributed by atoms with van der Waals surface area (Å²) in [5.74, 6) is 0.132. The number of hydrogen-bond acceptors (Lipinski definition) is 3. The molecule has 1 aromatic carbocycles. The number of hydrogen-bond donors (Lipinski definition) is 1. The van der Waals surface area contributed by atoms with E-state index in [1.54, 1.807) is 0 Å². The van der Waals surface area contributed by atoms with Crippen molar-refractivity contribution in [3.05, 3.63) is 36.0 Å². The summed E-state index contributed by atoms with van der Waals surface area (Å²) in [4.78, 5) is 20.9. The Bertz CT molecular complexity index is 713. The molecule has 134 valence electrons. The van der Waals surface area contributed by atoms with E-state index in [1.807, 2.05) is 30.3 Å². The van der Waals surface area contributed by atoms with Gasteiger partial charge in [0.1, 0.15) is 5.69 Å². The molecule has 0 radical (unpaired) electrons. The highest BCUT2D eigenvalue weighted by molar-refractivity contribution is 5.98. The molecule has 0 unspecified atom stereocenters. The number of benzene rings is 1. The lowest BCUT2D eigenvalue weighted by atomic mass is 10.1. The number of para-hydroxylation sites is 1. The van der Waals surface area contributed by atoms with Gasteiger partial charge >= 0.3 is 0 Å². The van der Waals surface area contributed by atoms with Crippen LogP contribution in [0.4, 0.5) is 0 Å². The molecule has 5 nitrogen and oxygen atoms in total. The van der Waals surface area contributed by atoms with Gasteiger partial charge < -0.3 is 14.6 Å². The Hall–Kier alpha value is -1.85. The lowest BCUT2D eigenvalue weighted by Gasteiger charge is -2.38. The number of nitrogens with one attached hydrogen (secondary N) is 1. The fourth-order valence-electron chi connectivity index (χ4n) is 4.37. The van der Waals surface area contributed by atoms with Gasteiger partial charge in [-0.25, -0.2) is 0 Å². The maximum atomic E-state index is 13.0. The second-order valence-electron chi connectivity index (χ2n) is 7.54. The van der Waals surface area contributed by atoms with Crippen LogP contribution < -0.4 is 0 Å². The van der Waals surface area contributed by atoms with Crippen molar-refractivity contribution in [3.8, 4) is 0 Å². The van der Waals surface area contributed by atoms with E-state index in [0.717, 1.165) is 49.9 Å². The summed E-state index contributed by atoms with van der Waals surface area (Å²) < 4.78 is 5.83. The number of likely N-dealkylation sites (tertiary alicyclic amines) is 1. The summed E-state index contributed by atoms with van der Waals surface area (Å²) >= 11 is 0. The number of nitrogens with zero attached hydrogens (tertiary/aromatic N) is 2. The number of aromatic nitrogens is 1. The van der Waals surface area contributed by atoms with Crippen molar-refractivity contribution < 1.29 is 9.53 Å². The summed E-state index contributed by atoms with van der Waals surface area (Å²) in [6.07, 6.45) is 2.71. The number of H-pyrrole nitrogens is 1. The van der Waals surface area contributed by atoms with Gasteiger partial charge in [-0.05, 0) is 38.8 Å². The van der Waals surface area contributed by atoms with Crippen molar-refractivity contribution in [2.24, 2.45) is 0 Å². The van der Waals surface area contributed by atoms with E-state index in [0.29, 0.717) is 11.7 Å². The molecule has 2 aromatic rings. The number of ether oxygens (including phenoxy) is 1. The number of carbonyl (C=O) groups excluding carboxylic acids is 1. The van der Waals surface area contributed by atoms with Crippen LogP contribution in [0.5, 0.6) is 0 Å². The zero-order valence-corrected chi connectivity index (χ0v) is 15.1. The Balaban J connectivity index is 1.48. The Morgan fingerprint density at radius 2 is 2.00 bits per heavy atom. The highest BCUT2D eigenvalue weighted by Gasteiger charge is 2.33. The highest BCUT2D eigenvalue weighted by atomic mass is 16.5. The number of carbonyl (C=O) groups is 1. The largest absolute Gasteiger partial charge is 0.373 e. The Kier molecular flexibility index (Phi) is 4.52. The number of fused-ring (bicyclic) bond motifs is 1. The summed E-state index contributed by atoms with van der Waals surface area (Å²) in [6.45, 7) is 7.97. The average Bonchev–Trinajstić information content (AvgIpc) is 3.19. The number of rotatable bonds is 3. The van der Waals surface area contributed by atoms with Gasteiger partial charge in [0.25, 0.3) is 5.91 Å². The van der Waals surface area contributed by atoms with Crippen LogP contribution >= 0.6 is 0 Å². The van der Waals surface area contributed by atoms with Gasteiger partial charge in [-0.15, -0.1) is 0 Å². The minimum Gasteiger partial charge on any atom is -0.373 e. The molecule has 3 heterocycles. The van der Waals surface area contributed by atoms with Crippen molar-refractivity contribution in [1.82, 2.24) is 14.8 Å². The minimum absolute atomic E-state index is 0.132. The second-order valence-corrected chi connectivity index (χ2v) is 7.54. The first-order valence-corrected chi connectivity index (χ1v) is 9.36. The third-order valence-electron chi connectivity index (χ3n) is 5.36. The SMILES string of the molecule is C[C@@H]1CN(C[C@H]2CCCN2C(=O)c2cc3ccccc3[nH]2)C[C@H](C)O1. The van der Waals surface area contributed by atoms with Gasteiger partial charge in [0, 0.05) is 43.1 Å². The van der Waals surface area contributed by atoms with Gasteiger partial charge in [-0.3, -0.25) is 9.69 Å². The quantitative estimate of drug-likeness (QED) is 0.934. The Labute approximate surface area is 148 Å². The molecule has 1 aromatic heterocycles. The van der Waals surface area contributed by atoms with Gasteiger partial charge in [0.05, 0.1) is 12.2 Å². The summed E-state index contributed by atoms with van der Waals surface area (Å²) in [7, 11) is 0. The first kappa shape index (κ1) is 16.6.